The minimum atomic E-state index is -0.650. The predicted octanol–water partition coefficient (Wildman–Crippen LogP) is 4.61. The summed E-state index contributed by atoms with van der Waals surface area (Å²) in [6.45, 7) is 5.94. The van der Waals surface area contributed by atoms with Gasteiger partial charge >= 0.3 is 5.97 Å². The zero-order valence-corrected chi connectivity index (χ0v) is 18.6. The summed E-state index contributed by atoms with van der Waals surface area (Å²) >= 11 is 6.25. The Kier molecular flexibility index (Phi) is 5.35. The molecule has 5 nitrogen and oxygen atoms in total. The number of hydrogen-bond donors (Lipinski definition) is 0. The summed E-state index contributed by atoms with van der Waals surface area (Å²) in [5, 5.41) is 0.603. The molecule has 6 heteroatoms. The highest BCUT2D eigenvalue weighted by atomic mass is 35.5. The van der Waals surface area contributed by atoms with E-state index < -0.39 is 5.66 Å². The maximum absolute atomic E-state index is 13.6. The van der Waals surface area contributed by atoms with Crippen molar-refractivity contribution in [3.05, 3.63) is 57.6 Å². The van der Waals surface area contributed by atoms with Crippen molar-refractivity contribution in [2.45, 2.75) is 58.2 Å². The van der Waals surface area contributed by atoms with E-state index in [1.54, 1.807) is 0 Å². The van der Waals surface area contributed by atoms with E-state index in [1.807, 2.05) is 56.0 Å². The molecule has 1 aromatic carbocycles. The molecule has 1 heterocycles. The highest BCUT2D eigenvalue weighted by Gasteiger charge is 2.50. The first-order valence-corrected chi connectivity index (χ1v) is 10.8. The number of hydrogen-bond acceptors (Lipinski definition) is 4. The van der Waals surface area contributed by atoms with Gasteiger partial charge in [-0.2, -0.15) is 0 Å². The van der Waals surface area contributed by atoms with E-state index in [0.717, 1.165) is 30.4 Å². The van der Waals surface area contributed by atoms with Gasteiger partial charge in [-0.1, -0.05) is 23.8 Å². The summed E-state index contributed by atoms with van der Waals surface area (Å²) in [5.74, 6) is 0.0956. The maximum Gasteiger partial charge on any atom is 0.333 e. The Morgan fingerprint density at radius 2 is 1.97 bits per heavy atom. The average molecular weight is 427 g/mol. The molecule has 3 aliphatic rings. The average Bonchev–Trinajstić information content (AvgIpc) is 3.49. The summed E-state index contributed by atoms with van der Waals surface area (Å²) in [4.78, 5) is 32.2. The summed E-state index contributed by atoms with van der Waals surface area (Å²) < 4.78 is 4.85. The topological polar surface area (TPSA) is 59.0 Å². The standard InChI is InChI=1S/C24H27ClN2O3/c1-14-11-18(13-19(25)12-14)20-22(28)27(24(2,3)26-20)21(15-5-6-15)16-7-9-17(10-8-16)23(29)30-4/h7,9,11-13,15,21H,5-6,8,10H2,1-4H3. The van der Waals surface area contributed by atoms with Gasteiger partial charge in [0, 0.05) is 16.2 Å². The fourth-order valence-corrected chi connectivity index (χ4v) is 4.85. The number of carbonyl (C=O) groups is 2. The van der Waals surface area contributed by atoms with Crippen LogP contribution in [0.2, 0.25) is 5.02 Å². The van der Waals surface area contributed by atoms with Gasteiger partial charge in [-0.25, -0.2) is 4.79 Å². The fourth-order valence-electron chi connectivity index (χ4n) is 4.56. The summed E-state index contributed by atoms with van der Waals surface area (Å²) in [5.41, 5.74) is 3.44. The molecule has 1 unspecified atom stereocenters. The number of nitrogens with zero attached hydrogens (tertiary/aromatic N) is 2. The molecule has 4 rings (SSSR count). The smallest absolute Gasteiger partial charge is 0.333 e. The van der Waals surface area contributed by atoms with Gasteiger partial charge in [0.15, 0.2) is 0 Å². The SMILES string of the molecule is COC(=O)C1=CC=C(C(C2CC2)N2C(=O)C(c3cc(C)cc(Cl)c3)=NC2(C)C)CC1. The first-order chi connectivity index (χ1) is 14.2. The number of amides is 1. The molecular weight excluding hydrogens is 400 g/mol. The normalized spacial score (nSPS) is 21.7. The highest BCUT2D eigenvalue weighted by molar-refractivity contribution is 6.47. The first-order valence-electron chi connectivity index (χ1n) is 10.4. The number of halogens is 1. The van der Waals surface area contributed by atoms with Crippen molar-refractivity contribution in [3.63, 3.8) is 0 Å². The molecule has 0 bridgehead atoms. The second-order valence-electron chi connectivity index (χ2n) is 8.85. The molecule has 0 saturated heterocycles. The minimum Gasteiger partial charge on any atom is -0.466 e. The molecule has 1 aliphatic heterocycles. The van der Waals surface area contributed by atoms with Crippen molar-refractivity contribution in [1.82, 2.24) is 4.90 Å². The van der Waals surface area contributed by atoms with Crippen molar-refractivity contribution in [2.24, 2.45) is 10.9 Å². The van der Waals surface area contributed by atoms with Gasteiger partial charge in [0.2, 0.25) is 0 Å². The van der Waals surface area contributed by atoms with Crippen LogP contribution in [0.1, 0.15) is 50.7 Å². The zero-order valence-electron chi connectivity index (χ0n) is 17.9. The molecule has 1 fully saturated rings. The Balaban J connectivity index is 1.68. The Hall–Kier alpha value is -2.40. The van der Waals surface area contributed by atoms with E-state index in [4.69, 9.17) is 21.3 Å². The van der Waals surface area contributed by atoms with Gasteiger partial charge in [0.05, 0.1) is 13.2 Å². The summed E-state index contributed by atoms with van der Waals surface area (Å²) in [7, 11) is 1.40. The molecule has 1 saturated carbocycles. The molecule has 0 aromatic heterocycles. The third kappa shape index (κ3) is 3.83. The maximum atomic E-state index is 13.6. The minimum absolute atomic E-state index is 0.00974. The number of carbonyl (C=O) groups excluding carboxylic acids is 2. The number of rotatable bonds is 5. The van der Waals surface area contributed by atoms with Gasteiger partial charge in [-0.3, -0.25) is 9.79 Å². The van der Waals surface area contributed by atoms with E-state index >= 15 is 0 Å². The van der Waals surface area contributed by atoms with E-state index in [2.05, 4.69) is 0 Å². The van der Waals surface area contributed by atoms with Gasteiger partial charge in [-0.15, -0.1) is 0 Å². The lowest BCUT2D eigenvalue weighted by Crippen LogP contribution is -2.51. The first kappa shape index (κ1) is 20.9. The third-order valence-electron chi connectivity index (χ3n) is 6.07. The summed E-state index contributed by atoms with van der Waals surface area (Å²) in [6.07, 6.45) is 7.42. The van der Waals surface area contributed by atoms with Crippen LogP contribution in [-0.2, 0) is 14.3 Å². The number of allylic oxidation sites excluding steroid dienone is 2. The molecule has 0 spiro atoms. The highest BCUT2D eigenvalue weighted by Crippen LogP contribution is 2.45. The monoisotopic (exact) mass is 426 g/mol. The van der Waals surface area contributed by atoms with Crippen LogP contribution in [-0.4, -0.2) is 41.3 Å². The van der Waals surface area contributed by atoms with Gasteiger partial charge < -0.3 is 9.64 Å². The lowest BCUT2D eigenvalue weighted by molar-refractivity contribution is -0.136. The van der Waals surface area contributed by atoms with Crippen LogP contribution >= 0.6 is 11.6 Å². The molecule has 2 aliphatic carbocycles. The lowest BCUT2D eigenvalue weighted by Gasteiger charge is -2.39. The van der Waals surface area contributed by atoms with Crippen LogP contribution in [0.4, 0.5) is 0 Å². The van der Waals surface area contributed by atoms with E-state index in [-0.39, 0.29) is 17.9 Å². The molecule has 0 radical (unpaired) electrons. The summed E-state index contributed by atoms with van der Waals surface area (Å²) in [6, 6.07) is 5.63. The van der Waals surface area contributed by atoms with Crippen LogP contribution in [0.15, 0.2) is 46.5 Å². The van der Waals surface area contributed by atoms with Crippen molar-refractivity contribution < 1.29 is 14.3 Å². The second kappa shape index (κ2) is 7.69. The van der Waals surface area contributed by atoms with Crippen LogP contribution < -0.4 is 0 Å². The molecule has 1 atom stereocenters. The Morgan fingerprint density at radius 1 is 1.23 bits per heavy atom. The third-order valence-corrected chi connectivity index (χ3v) is 6.29. The van der Waals surface area contributed by atoms with Crippen LogP contribution in [0.5, 0.6) is 0 Å². The van der Waals surface area contributed by atoms with Crippen LogP contribution in [0.25, 0.3) is 0 Å². The second-order valence-corrected chi connectivity index (χ2v) is 9.29. The van der Waals surface area contributed by atoms with E-state index in [1.165, 1.54) is 12.7 Å². The van der Waals surface area contributed by atoms with E-state index in [0.29, 0.717) is 28.6 Å². The molecule has 30 heavy (non-hydrogen) atoms. The van der Waals surface area contributed by atoms with E-state index in [9.17, 15) is 9.59 Å². The lowest BCUT2D eigenvalue weighted by atomic mass is 9.89. The number of esters is 1. The molecule has 1 amide bonds. The number of aliphatic imine (C=N–C) groups is 1. The Bertz CT molecular complexity index is 981. The quantitative estimate of drug-likeness (QED) is 0.646. The van der Waals surface area contributed by atoms with Crippen molar-refractivity contribution in [2.75, 3.05) is 7.11 Å². The number of ether oxygens (including phenoxy) is 1. The largest absolute Gasteiger partial charge is 0.466 e. The number of aryl methyl sites for hydroxylation is 1. The number of methoxy groups -OCH3 is 1. The van der Waals surface area contributed by atoms with Crippen molar-refractivity contribution >= 4 is 29.2 Å². The van der Waals surface area contributed by atoms with Crippen LogP contribution in [0, 0.1) is 12.8 Å². The fraction of sp³-hybridized carbons (Fsp3) is 0.458. The zero-order chi connectivity index (χ0) is 21.6. The van der Waals surface area contributed by atoms with Crippen molar-refractivity contribution in [1.29, 1.82) is 0 Å². The molecule has 1 aromatic rings. The predicted molar refractivity (Wildman–Crippen MR) is 118 cm³/mol. The molecular formula is C24H27ClN2O3. The molecule has 158 valence electrons. The van der Waals surface area contributed by atoms with Gasteiger partial charge in [-0.05, 0) is 81.7 Å². The van der Waals surface area contributed by atoms with Gasteiger partial charge in [0.1, 0.15) is 11.4 Å². The number of benzene rings is 1. The molecule has 0 N–H and O–H groups in total. The Morgan fingerprint density at radius 3 is 2.53 bits per heavy atom. The van der Waals surface area contributed by atoms with Crippen LogP contribution in [0.3, 0.4) is 0 Å². The van der Waals surface area contributed by atoms with Crippen molar-refractivity contribution in [3.8, 4) is 0 Å². The Labute approximate surface area is 182 Å². The van der Waals surface area contributed by atoms with Gasteiger partial charge in [0.25, 0.3) is 5.91 Å².